The Morgan fingerprint density at radius 1 is 1.43 bits per heavy atom. The van der Waals surface area contributed by atoms with Gasteiger partial charge in [0.15, 0.2) is 0 Å². The Bertz CT molecular complexity index is 487. The third-order valence-corrected chi connectivity index (χ3v) is 4.10. The van der Waals surface area contributed by atoms with E-state index in [9.17, 15) is 4.79 Å². The first-order valence-corrected chi connectivity index (χ1v) is 7.72. The van der Waals surface area contributed by atoms with Crippen LogP contribution in [0.15, 0.2) is 18.2 Å². The summed E-state index contributed by atoms with van der Waals surface area (Å²) in [5.41, 5.74) is 2.36. The molecule has 0 spiro atoms. The summed E-state index contributed by atoms with van der Waals surface area (Å²) in [7, 11) is 0. The van der Waals surface area contributed by atoms with Crippen LogP contribution in [-0.4, -0.2) is 41.7 Å². The summed E-state index contributed by atoms with van der Waals surface area (Å²) in [4.78, 5) is 13.1. The van der Waals surface area contributed by atoms with Crippen molar-refractivity contribution in [3.63, 3.8) is 0 Å². The fourth-order valence-corrected chi connectivity index (χ4v) is 2.93. The van der Waals surface area contributed by atoms with Crippen molar-refractivity contribution in [2.24, 2.45) is 0 Å². The second-order valence-electron chi connectivity index (χ2n) is 5.90. The van der Waals surface area contributed by atoms with E-state index in [0.717, 1.165) is 43.7 Å². The van der Waals surface area contributed by atoms with Crippen LogP contribution in [-0.2, 0) is 4.79 Å². The smallest absolute Gasteiger partial charge is 0.304 e. The van der Waals surface area contributed by atoms with E-state index in [1.54, 1.807) is 0 Å². The number of aryl methyl sites for hydroxylation is 2. The molecule has 21 heavy (non-hydrogen) atoms. The summed E-state index contributed by atoms with van der Waals surface area (Å²) in [6.07, 6.45) is 3.31. The van der Waals surface area contributed by atoms with Gasteiger partial charge in [0, 0.05) is 12.6 Å². The average Bonchev–Trinajstić information content (AvgIpc) is 2.85. The van der Waals surface area contributed by atoms with Crippen LogP contribution in [0.3, 0.4) is 0 Å². The van der Waals surface area contributed by atoms with Crippen LogP contribution in [0.1, 0.15) is 36.8 Å². The maximum absolute atomic E-state index is 10.8. The molecule has 0 aliphatic carbocycles. The number of ether oxygens (including phenoxy) is 1. The van der Waals surface area contributed by atoms with Crippen LogP contribution in [0.4, 0.5) is 0 Å². The second-order valence-corrected chi connectivity index (χ2v) is 5.90. The molecule has 0 bridgehead atoms. The topological polar surface area (TPSA) is 49.8 Å². The Hall–Kier alpha value is -1.55. The Kier molecular flexibility index (Phi) is 5.62. The summed E-state index contributed by atoms with van der Waals surface area (Å²) >= 11 is 0. The fraction of sp³-hybridized carbons (Fsp3) is 0.588. The Balaban J connectivity index is 1.74. The fourth-order valence-electron chi connectivity index (χ4n) is 2.93. The molecule has 2 rings (SSSR count). The molecule has 116 valence electrons. The number of likely N-dealkylation sites (tertiary alicyclic amines) is 1. The lowest BCUT2D eigenvalue weighted by Crippen LogP contribution is -2.32. The van der Waals surface area contributed by atoms with Gasteiger partial charge in [-0.15, -0.1) is 0 Å². The summed E-state index contributed by atoms with van der Waals surface area (Å²) < 4.78 is 5.85. The van der Waals surface area contributed by atoms with Crippen molar-refractivity contribution < 1.29 is 14.6 Å². The van der Waals surface area contributed by atoms with Gasteiger partial charge in [-0.05, 0) is 56.8 Å². The molecule has 1 atom stereocenters. The van der Waals surface area contributed by atoms with E-state index in [-0.39, 0.29) is 12.5 Å². The lowest BCUT2D eigenvalue weighted by atomic mass is 10.1. The highest BCUT2D eigenvalue weighted by Gasteiger charge is 2.25. The molecular weight excluding hydrogens is 266 g/mol. The molecule has 0 radical (unpaired) electrons. The molecule has 0 amide bonds. The Morgan fingerprint density at radius 2 is 2.24 bits per heavy atom. The van der Waals surface area contributed by atoms with Gasteiger partial charge in [0.25, 0.3) is 0 Å². The molecule has 1 N–H and O–H groups in total. The average molecular weight is 291 g/mol. The zero-order valence-corrected chi connectivity index (χ0v) is 13.0. The molecule has 1 aromatic carbocycles. The predicted molar refractivity (Wildman–Crippen MR) is 82.9 cm³/mol. The van der Waals surface area contributed by atoms with Gasteiger partial charge < -0.3 is 9.84 Å². The number of carboxylic acid groups (broad SMARTS) is 1. The van der Waals surface area contributed by atoms with Gasteiger partial charge in [0.05, 0.1) is 13.0 Å². The number of benzene rings is 1. The van der Waals surface area contributed by atoms with E-state index < -0.39 is 5.97 Å². The molecule has 4 heteroatoms. The summed E-state index contributed by atoms with van der Waals surface area (Å²) in [6, 6.07) is 6.44. The van der Waals surface area contributed by atoms with E-state index in [0.29, 0.717) is 6.61 Å². The van der Waals surface area contributed by atoms with Crippen molar-refractivity contribution in [2.45, 2.75) is 45.6 Å². The summed E-state index contributed by atoms with van der Waals surface area (Å²) in [6.45, 7) is 6.73. The minimum Gasteiger partial charge on any atom is -0.493 e. The summed E-state index contributed by atoms with van der Waals surface area (Å²) in [5, 5.41) is 8.92. The number of carboxylic acids is 1. The third-order valence-electron chi connectivity index (χ3n) is 4.10. The van der Waals surface area contributed by atoms with Gasteiger partial charge in [-0.3, -0.25) is 9.69 Å². The molecule has 0 saturated carbocycles. The Labute approximate surface area is 126 Å². The largest absolute Gasteiger partial charge is 0.493 e. The first kappa shape index (κ1) is 15.8. The number of rotatable bonds is 7. The van der Waals surface area contributed by atoms with E-state index in [1.165, 1.54) is 5.56 Å². The lowest BCUT2D eigenvalue weighted by molar-refractivity contribution is -0.138. The SMILES string of the molecule is Cc1ccc(C)c(OCCCN2CCCC2CC(=O)O)c1. The lowest BCUT2D eigenvalue weighted by Gasteiger charge is -2.23. The van der Waals surface area contributed by atoms with Gasteiger partial charge in [-0.2, -0.15) is 0 Å². The molecule has 1 unspecified atom stereocenters. The van der Waals surface area contributed by atoms with Gasteiger partial charge in [-0.1, -0.05) is 12.1 Å². The third kappa shape index (κ3) is 4.74. The zero-order valence-electron chi connectivity index (χ0n) is 13.0. The van der Waals surface area contributed by atoms with Crippen LogP contribution < -0.4 is 4.74 Å². The summed E-state index contributed by atoms with van der Waals surface area (Å²) in [5.74, 6) is 0.261. The monoisotopic (exact) mass is 291 g/mol. The quantitative estimate of drug-likeness (QED) is 0.785. The van der Waals surface area contributed by atoms with Crippen LogP contribution in [0, 0.1) is 13.8 Å². The van der Waals surface area contributed by atoms with Crippen LogP contribution in [0.5, 0.6) is 5.75 Å². The molecule has 0 aromatic heterocycles. The van der Waals surface area contributed by atoms with Gasteiger partial charge >= 0.3 is 5.97 Å². The van der Waals surface area contributed by atoms with E-state index in [4.69, 9.17) is 9.84 Å². The van der Waals surface area contributed by atoms with Crippen molar-refractivity contribution in [1.82, 2.24) is 4.90 Å². The maximum atomic E-state index is 10.8. The van der Waals surface area contributed by atoms with Crippen molar-refractivity contribution in [3.8, 4) is 5.75 Å². The number of hydrogen-bond donors (Lipinski definition) is 1. The maximum Gasteiger partial charge on any atom is 0.304 e. The standard InChI is InChI=1S/C17H25NO3/c1-13-6-7-14(2)16(11-13)21-10-4-9-18-8-3-5-15(18)12-17(19)20/h6-7,11,15H,3-5,8-10,12H2,1-2H3,(H,19,20). The van der Waals surface area contributed by atoms with Crippen molar-refractivity contribution >= 4 is 5.97 Å². The first-order chi connectivity index (χ1) is 10.1. The molecule has 1 saturated heterocycles. The molecular formula is C17H25NO3. The van der Waals surface area contributed by atoms with Gasteiger partial charge in [-0.25, -0.2) is 0 Å². The zero-order chi connectivity index (χ0) is 15.2. The molecule has 1 aliphatic heterocycles. The molecule has 1 heterocycles. The highest BCUT2D eigenvalue weighted by atomic mass is 16.5. The normalized spacial score (nSPS) is 18.9. The highest BCUT2D eigenvalue weighted by Crippen LogP contribution is 2.21. The van der Waals surface area contributed by atoms with Crippen molar-refractivity contribution in [2.75, 3.05) is 19.7 Å². The van der Waals surface area contributed by atoms with E-state index in [2.05, 4.69) is 36.9 Å². The van der Waals surface area contributed by atoms with Crippen LogP contribution >= 0.6 is 0 Å². The van der Waals surface area contributed by atoms with Gasteiger partial charge in [0.2, 0.25) is 0 Å². The van der Waals surface area contributed by atoms with Crippen LogP contribution in [0.25, 0.3) is 0 Å². The minimum absolute atomic E-state index is 0.211. The number of carbonyl (C=O) groups is 1. The molecule has 4 nitrogen and oxygen atoms in total. The number of aliphatic carboxylic acids is 1. The molecule has 1 fully saturated rings. The van der Waals surface area contributed by atoms with E-state index in [1.807, 2.05) is 0 Å². The number of hydrogen-bond acceptors (Lipinski definition) is 3. The predicted octanol–water partition coefficient (Wildman–Crippen LogP) is 3.01. The van der Waals surface area contributed by atoms with Crippen molar-refractivity contribution in [1.29, 1.82) is 0 Å². The second kappa shape index (κ2) is 7.46. The van der Waals surface area contributed by atoms with Gasteiger partial charge in [0.1, 0.15) is 5.75 Å². The highest BCUT2D eigenvalue weighted by molar-refractivity contribution is 5.67. The van der Waals surface area contributed by atoms with Crippen molar-refractivity contribution in [3.05, 3.63) is 29.3 Å². The van der Waals surface area contributed by atoms with E-state index >= 15 is 0 Å². The number of nitrogens with zero attached hydrogens (tertiary/aromatic N) is 1. The first-order valence-electron chi connectivity index (χ1n) is 7.72. The Morgan fingerprint density at radius 3 is 3.00 bits per heavy atom. The minimum atomic E-state index is -0.696. The molecule has 1 aliphatic rings. The van der Waals surface area contributed by atoms with Crippen LogP contribution in [0.2, 0.25) is 0 Å². The molecule has 1 aromatic rings.